The zero-order valence-corrected chi connectivity index (χ0v) is 22.1. The monoisotopic (exact) mass is 486 g/mol. The Kier molecular flexibility index (Phi) is 7.32. The van der Waals surface area contributed by atoms with E-state index in [1.54, 1.807) is 6.92 Å². The van der Waals surface area contributed by atoms with Crippen molar-refractivity contribution in [1.29, 1.82) is 0 Å². The summed E-state index contributed by atoms with van der Waals surface area (Å²) in [6.45, 7) is 9.45. The Bertz CT molecular complexity index is 920. The summed E-state index contributed by atoms with van der Waals surface area (Å²) in [7, 11) is 0. The third-order valence-corrected chi connectivity index (χ3v) is 9.88. The van der Waals surface area contributed by atoms with Crippen molar-refractivity contribution in [2.24, 2.45) is 35.0 Å². The second kappa shape index (κ2) is 9.82. The largest absolute Gasteiger partial charge is 0.461 e. The molecule has 0 heterocycles. The summed E-state index contributed by atoms with van der Waals surface area (Å²) in [5, 5.41) is 0. The Morgan fingerprint density at radius 2 is 1.89 bits per heavy atom. The maximum Gasteiger partial charge on any atom is 0.306 e. The van der Waals surface area contributed by atoms with E-state index < -0.39 is 23.1 Å². The van der Waals surface area contributed by atoms with Crippen LogP contribution in [0.15, 0.2) is 11.6 Å². The molecule has 8 atom stereocenters. The van der Waals surface area contributed by atoms with Gasteiger partial charge in [-0.05, 0) is 75.2 Å². The number of ketones is 2. The van der Waals surface area contributed by atoms with Gasteiger partial charge in [-0.2, -0.15) is 0 Å². The Balaban J connectivity index is 1.63. The molecule has 0 spiro atoms. The van der Waals surface area contributed by atoms with Crippen LogP contribution in [0.1, 0.15) is 98.8 Å². The minimum absolute atomic E-state index is 0.0538. The minimum atomic E-state index is -1.06. The Morgan fingerprint density at radius 3 is 2.54 bits per heavy atom. The molecule has 0 saturated heterocycles. The summed E-state index contributed by atoms with van der Waals surface area (Å²) in [6, 6.07) is 0. The van der Waals surface area contributed by atoms with Gasteiger partial charge in [-0.3, -0.25) is 19.2 Å². The quantitative estimate of drug-likeness (QED) is 0.355. The van der Waals surface area contributed by atoms with Crippen molar-refractivity contribution in [3.8, 4) is 0 Å². The number of carbonyl (C=O) groups is 4. The fraction of sp³-hybridized carbons (Fsp3) is 0.793. The van der Waals surface area contributed by atoms with Gasteiger partial charge >= 0.3 is 11.9 Å². The van der Waals surface area contributed by atoms with Gasteiger partial charge in [-0.1, -0.05) is 39.2 Å². The fourth-order valence-corrected chi connectivity index (χ4v) is 8.69. The number of fused-ring (bicyclic) bond motifs is 5. The molecule has 0 bridgehead atoms. The molecular formula is C29H42O6. The smallest absolute Gasteiger partial charge is 0.306 e. The zero-order valence-electron chi connectivity index (χ0n) is 22.1. The number of rotatable bonds is 7. The van der Waals surface area contributed by atoms with Crippen molar-refractivity contribution in [3.63, 3.8) is 0 Å². The molecule has 0 radical (unpaired) electrons. The third-order valence-electron chi connectivity index (χ3n) is 9.88. The minimum Gasteiger partial charge on any atom is -0.461 e. The van der Waals surface area contributed by atoms with Gasteiger partial charge in [0, 0.05) is 31.1 Å². The summed E-state index contributed by atoms with van der Waals surface area (Å²) >= 11 is 0. The third kappa shape index (κ3) is 4.40. The number of hydrogen-bond acceptors (Lipinski definition) is 6. The average Bonchev–Trinajstić information content (AvgIpc) is 3.05. The summed E-state index contributed by atoms with van der Waals surface area (Å²) in [4.78, 5) is 50.3. The number of ether oxygens (including phenoxy) is 2. The molecule has 0 aliphatic heterocycles. The summed E-state index contributed by atoms with van der Waals surface area (Å²) in [6.07, 6.45) is 8.91. The Morgan fingerprint density at radius 1 is 1.14 bits per heavy atom. The van der Waals surface area contributed by atoms with Gasteiger partial charge in [-0.25, -0.2) is 0 Å². The first-order chi connectivity index (χ1) is 16.5. The van der Waals surface area contributed by atoms with Crippen molar-refractivity contribution in [3.05, 3.63) is 11.6 Å². The highest BCUT2D eigenvalue weighted by molar-refractivity contribution is 5.92. The number of esters is 2. The predicted octanol–water partition coefficient (Wildman–Crippen LogP) is 5.37. The number of Topliss-reactive ketones (excluding diaryl/α,β-unsaturated/α-hetero) is 1. The highest BCUT2D eigenvalue weighted by Gasteiger charge is 2.68. The first-order valence-corrected chi connectivity index (χ1v) is 13.7. The molecule has 3 fully saturated rings. The Hall–Kier alpha value is -1.98. The van der Waals surface area contributed by atoms with Crippen LogP contribution >= 0.6 is 0 Å². The standard InChI is InChI=1S/C29H42O6/c1-6-7-8-9-25(33)34-24-15-21(32)14-20-10-11-22-23-12-13-29(18(3)30,35-19(4)31)28(23,5)16-17(2)26(22)27(20)24/h14,17,22-24,26-27H,6-13,15-16H2,1-5H3/t17-,22?,23-,24?,26-,27?,28?,29-/m0/s1. The van der Waals surface area contributed by atoms with E-state index in [2.05, 4.69) is 20.8 Å². The molecule has 4 aliphatic carbocycles. The van der Waals surface area contributed by atoms with Crippen LogP contribution in [0.25, 0.3) is 0 Å². The van der Waals surface area contributed by atoms with E-state index in [1.807, 2.05) is 6.08 Å². The van der Waals surface area contributed by atoms with Gasteiger partial charge < -0.3 is 9.47 Å². The molecular weight excluding hydrogens is 444 g/mol. The summed E-state index contributed by atoms with van der Waals surface area (Å²) in [5.74, 6) is 0.603. The molecule has 0 aromatic rings. The van der Waals surface area contributed by atoms with E-state index in [9.17, 15) is 19.2 Å². The summed E-state index contributed by atoms with van der Waals surface area (Å²) < 4.78 is 11.9. The van der Waals surface area contributed by atoms with Gasteiger partial charge in [-0.15, -0.1) is 0 Å². The van der Waals surface area contributed by atoms with Crippen molar-refractivity contribution >= 4 is 23.5 Å². The van der Waals surface area contributed by atoms with E-state index in [4.69, 9.17) is 9.47 Å². The van der Waals surface area contributed by atoms with Crippen LogP contribution in [0.4, 0.5) is 0 Å². The van der Waals surface area contributed by atoms with Crippen LogP contribution in [-0.2, 0) is 28.7 Å². The number of unbranched alkanes of at least 4 members (excludes halogenated alkanes) is 2. The van der Waals surface area contributed by atoms with Crippen molar-refractivity contribution in [2.45, 2.75) is 111 Å². The molecule has 0 N–H and O–H groups in total. The molecule has 194 valence electrons. The molecule has 0 aromatic heterocycles. The molecule has 4 unspecified atom stereocenters. The van der Waals surface area contributed by atoms with Gasteiger partial charge in [0.25, 0.3) is 0 Å². The molecule has 6 heteroatoms. The Labute approximate surface area is 209 Å². The molecule has 4 aliphatic rings. The molecule has 4 rings (SSSR count). The maximum absolute atomic E-state index is 13.0. The first kappa shape index (κ1) is 26.1. The van der Waals surface area contributed by atoms with Gasteiger partial charge in [0.1, 0.15) is 6.10 Å². The van der Waals surface area contributed by atoms with Gasteiger partial charge in [0.2, 0.25) is 0 Å². The van der Waals surface area contributed by atoms with Crippen LogP contribution in [0, 0.1) is 35.0 Å². The number of hydrogen-bond donors (Lipinski definition) is 0. The van der Waals surface area contributed by atoms with E-state index in [1.165, 1.54) is 6.92 Å². The van der Waals surface area contributed by atoms with Gasteiger partial charge in [0.05, 0.1) is 0 Å². The average molecular weight is 487 g/mol. The van der Waals surface area contributed by atoms with Crippen LogP contribution in [-0.4, -0.2) is 35.2 Å². The molecule has 35 heavy (non-hydrogen) atoms. The molecule has 0 aromatic carbocycles. The van der Waals surface area contributed by atoms with Crippen molar-refractivity contribution in [1.82, 2.24) is 0 Å². The number of carbonyl (C=O) groups excluding carboxylic acids is 4. The highest BCUT2D eigenvalue weighted by atomic mass is 16.6. The first-order valence-electron chi connectivity index (χ1n) is 13.7. The van der Waals surface area contributed by atoms with Crippen LogP contribution in [0.3, 0.4) is 0 Å². The lowest BCUT2D eigenvalue weighted by molar-refractivity contribution is -0.191. The van der Waals surface area contributed by atoms with Crippen molar-refractivity contribution in [2.75, 3.05) is 0 Å². The molecule has 0 amide bonds. The lowest BCUT2D eigenvalue weighted by Gasteiger charge is -2.58. The van der Waals surface area contributed by atoms with Crippen LogP contribution in [0.5, 0.6) is 0 Å². The van der Waals surface area contributed by atoms with Crippen LogP contribution in [0.2, 0.25) is 0 Å². The normalized spacial score (nSPS) is 40.1. The van der Waals surface area contributed by atoms with Crippen molar-refractivity contribution < 1.29 is 28.7 Å². The predicted molar refractivity (Wildman–Crippen MR) is 131 cm³/mol. The van der Waals surface area contributed by atoms with Crippen LogP contribution < -0.4 is 0 Å². The van der Waals surface area contributed by atoms with E-state index >= 15 is 0 Å². The van der Waals surface area contributed by atoms with E-state index in [-0.39, 0.29) is 47.6 Å². The zero-order chi connectivity index (χ0) is 25.5. The second-order valence-corrected chi connectivity index (χ2v) is 11.9. The highest BCUT2D eigenvalue weighted by Crippen LogP contribution is 2.67. The van der Waals surface area contributed by atoms with E-state index in [0.717, 1.165) is 50.5 Å². The molecule has 3 saturated carbocycles. The topological polar surface area (TPSA) is 86.7 Å². The fourth-order valence-electron chi connectivity index (χ4n) is 8.69. The lowest BCUT2D eigenvalue weighted by atomic mass is 9.47. The van der Waals surface area contributed by atoms with E-state index in [0.29, 0.717) is 18.8 Å². The second-order valence-electron chi connectivity index (χ2n) is 11.9. The SMILES string of the molecule is CCCCCC(=O)OC1CC(=O)C=C2CCC3[C@@H](C21)[C@@H](C)CC1(C)[C@H]3CC[C@]1(OC(C)=O)C(C)=O. The molecule has 6 nitrogen and oxygen atoms in total. The maximum atomic E-state index is 13.0. The van der Waals surface area contributed by atoms with Gasteiger partial charge in [0.15, 0.2) is 17.2 Å². The lowest BCUT2D eigenvalue weighted by Crippen LogP contribution is -2.60. The summed E-state index contributed by atoms with van der Waals surface area (Å²) in [5.41, 5.74) is -0.338.